The number of nitrogens with two attached hydrogens (primary N) is 1. The Balaban J connectivity index is 1.92. The second kappa shape index (κ2) is 4.35. The third-order valence-corrected chi connectivity index (χ3v) is 5.44. The van der Waals surface area contributed by atoms with E-state index in [1.54, 1.807) is 11.3 Å². The number of rotatable bonds is 2. The number of halogens is 1. The minimum absolute atomic E-state index is 0.178. The summed E-state index contributed by atoms with van der Waals surface area (Å²) in [5, 5.41) is 5.20. The van der Waals surface area contributed by atoms with E-state index >= 15 is 0 Å². The summed E-state index contributed by atoms with van der Waals surface area (Å²) in [6, 6.07) is 1.96. The Bertz CT molecular complexity index is 526. The number of thiophene rings is 1. The predicted octanol–water partition coefficient (Wildman–Crippen LogP) is 4.25. The van der Waals surface area contributed by atoms with Gasteiger partial charge in [0.25, 0.3) is 0 Å². The van der Waals surface area contributed by atoms with E-state index in [9.17, 15) is 0 Å². The van der Waals surface area contributed by atoms with Crippen LogP contribution in [0.1, 0.15) is 30.7 Å². The van der Waals surface area contributed by atoms with Crippen molar-refractivity contribution >= 4 is 34.3 Å². The minimum Gasteiger partial charge on any atom is -0.319 e. The fraction of sp³-hybridized carbons (Fsp3) is 0.417. The highest BCUT2D eigenvalue weighted by atomic mass is 35.5. The van der Waals surface area contributed by atoms with Gasteiger partial charge in [-0.3, -0.25) is 0 Å². The fourth-order valence-electron chi connectivity index (χ4n) is 2.30. The van der Waals surface area contributed by atoms with Crippen LogP contribution in [-0.4, -0.2) is 4.98 Å². The quantitative estimate of drug-likeness (QED) is 0.895. The smallest absolute Gasteiger partial charge is 0.113 e. The SMILES string of the molecule is NC1(c2nc(-c3csc(Cl)c3)cs2)CCCC1. The summed E-state index contributed by atoms with van der Waals surface area (Å²) in [5.74, 6) is 0. The van der Waals surface area contributed by atoms with Crippen LogP contribution in [0.3, 0.4) is 0 Å². The molecule has 2 heterocycles. The molecule has 2 N–H and O–H groups in total. The highest BCUT2D eigenvalue weighted by Gasteiger charge is 2.34. The number of hydrogen-bond acceptors (Lipinski definition) is 4. The average molecular weight is 285 g/mol. The van der Waals surface area contributed by atoms with Gasteiger partial charge in [0.15, 0.2) is 0 Å². The molecular weight excluding hydrogens is 272 g/mol. The molecule has 2 aromatic rings. The molecule has 0 saturated heterocycles. The molecule has 1 aliphatic rings. The molecule has 0 unspecified atom stereocenters. The molecule has 1 aliphatic carbocycles. The highest BCUT2D eigenvalue weighted by Crippen LogP contribution is 2.39. The Labute approximate surface area is 113 Å². The Morgan fingerprint density at radius 3 is 2.65 bits per heavy atom. The Morgan fingerprint density at radius 2 is 2.00 bits per heavy atom. The molecule has 0 bridgehead atoms. The third kappa shape index (κ3) is 2.15. The first-order valence-corrected chi connectivity index (χ1v) is 7.80. The van der Waals surface area contributed by atoms with E-state index in [2.05, 4.69) is 10.4 Å². The van der Waals surface area contributed by atoms with Crippen LogP contribution in [0.15, 0.2) is 16.8 Å². The van der Waals surface area contributed by atoms with E-state index in [1.165, 1.54) is 24.2 Å². The first kappa shape index (κ1) is 11.7. The summed E-state index contributed by atoms with van der Waals surface area (Å²) >= 11 is 9.15. The fourth-order valence-corrected chi connectivity index (χ4v) is 4.18. The van der Waals surface area contributed by atoms with Crippen molar-refractivity contribution in [3.05, 3.63) is 26.2 Å². The lowest BCUT2D eigenvalue weighted by Crippen LogP contribution is -2.32. The Kier molecular flexibility index (Phi) is 2.99. The number of thiazole rings is 1. The van der Waals surface area contributed by atoms with E-state index in [-0.39, 0.29) is 5.54 Å². The zero-order valence-corrected chi connectivity index (χ0v) is 11.7. The van der Waals surface area contributed by atoms with Crippen LogP contribution in [0.25, 0.3) is 11.3 Å². The van der Waals surface area contributed by atoms with Gasteiger partial charge in [-0.2, -0.15) is 0 Å². The average Bonchev–Trinajstić information content (AvgIpc) is 2.96. The zero-order chi connectivity index (χ0) is 11.9. The molecule has 0 atom stereocenters. The second-order valence-corrected chi connectivity index (χ2v) is 6.94. The molecule has 0 amide bonds. The van der Waals surface area contributed by atoms with Gasteiger partial charge in [-0.05, 0) is 18.9 Å². The van der Waals surface area contributed by atoms with E-state index in [1.807, 2.05) is 11.4 Å². The van der Waals surface area contributed by atoms with Crippen molar-refractivity contribution < 1.29 is 0 Å². The number of aromatic nitrogens is 1. The summed E-state index contributed by atoms with van der Waals surface area (Å²) in [5.41, 5.74) is 8.33. The van der Waals surface area contributed by atoms with Gasteiger partial charge in [-0.1, -0.05) is 24.4 Å². The van der Waals surface area contributed by atoms with Crippen LogP contribution in [0, 0.1) is 0 Å². The normalized spacial score (nSPS) is 18.7. The maximum atomic E-state index is 6.40. The molecule has 1 saturated carbocycles. The monoisotopic (exact) mass is 284 g/mol. The van der Waals surface area contributed by atoms with Crippen LogP contribution in [0.5, 0.6) is 0 Å². The number of hydrogen-bond donors (Lipinski definition) is 1. The predicted molar refractivity (Wildman–Crippen MR) is 74.8 cm³/mol. The van der Waals surface area contributed by atoms with E-state index in [0.717, 1.165) is 33.4 Å². The lowest BCUT2D eigenvalue weighted by molar-refractivity contribution is 0.459. The van der Waals surface area contributed by atoms with Gasteiger partial charge in [0.2, 0.25) is 0 Å². The highest BCUT2D eigenvalue weighted by molar-refractivity contribution is 7.14. The van der Waals surface area contributed by atoms with Crippen LogP contribution in [0.4, 0.5) is 0 Å². The first-order chi connectivity index (χ1) is 8.17. The van der Waals surface area contributed by atoms with Crippen LogP contribution in [-0.2, 0) is 5.54 Å². The molecule has 3 rings (SSSR count). The van der Waals surface area contributed by atoms with Gasteiger partial charge in [0, 0.05) is 16.3 Å². The molecule has 90 valence electrons. The molecule has 1 fully saturated rings. The Hall–Kier alpha value is -0.420. The molecule has 5 heteroatoms. The van der Waals surface area contributed by atoms with Crippen molar-refractivity contribution in [1.29, 1.82) is 0 Å². The zero-order valence-electron chi connectivity index (χ0n) is 9.28. The lowest BCUT2D eigenvalue weighted by Gasteiger charge is -2.19. The van der Waals surface area contributed by atoms with Gasteiger partial charge in [-0.15, -0.1) is 22.7 Å². The third-order valence-electron chi connectivity index (χ3n) is 3.29. The molecule has 0 spiro atoms. The topological polar surface area (TPSA) is 38.9 Å². The summed E-state index contributed by atoms with van der Waals surface area (Å²) < 4.78 is 0.804. The second-order valence-electron chi connectivity index (χ2n) is 4.54. The van der Waals surface area contributed by atoms with Crippen molar-refractivity contribution in [1.82, 2.24) is 4.98 Å². The summed E-state index contributed by atoms with van der Waals surface area (Å²) in [6.45, 7) is 0. The molecule has 2 nitrogen and oxygen atoms in total. The van der Waals surface area contributed by atoms with Crippen molar-refractivity contribution in [2.24, 2.45) is 5.73 Å². The standard InChI is InChI=1S/C12H13ClN2S2/c13-10-5-8(6-16-10)9-7-17-11(15-9)12(14)3-1-2-4-12/h5-7H,1-4,14H2. The van der Waals surface area contributed by atoms with Crippen molar-refractivity contribution in [3.63, 3.8) is 0 Å². The summed E-state index contributed by atoms with van der Waals surface area (Å²) in [6.07, 6.45) is 4.56. The van der Waals surface area contributed by atoms with Crippen molar-refractivity contribution in [2.75, 3.05) is 0 Å². The summed E-state index contributed by atoms with van der Waals surface area (Å²) in [4.78, 5) is 4.69. The number of nitrogens with zero attached hydrogens (tertiary/aromatic N) is 1. The largest absolute Gasteiger partial charge is 0.319 e. The van der Waals surface area contributed by atoms with Gasteiger partial charge in [0.05, 0.1) is 15.6 Å². The summed E-state index contributed by atoms with van der Waals surface area (Å²) in [7, 11) is 0. The van der Waals surface area contributed by atoms with E-state index < -0.39 is 0 Å². The Morgan fingerprint density at radius 1 is 1.24 bits per heavy atom. The lowest BCUT2D eigenvalue weighted by atomic mass is 10.0. The molecule has 0 radical (unpaired) electrons. The molecule has 0 aliphatic heterocycles. The molecular formula is C12H13ClN2S2. The molecule has 17 heavy (non-hydrogen) atoms. The van der Waals surface area contributed by atoms with Gasteiger partial charge in [-0.25, -0.2) is 4.98 Å². The first-order valence-electron chi connectivity index (χ1n) is 5.67. The van der Waals surface area contributed by atoms with Crippen LogP contribution >= 0.6 is 34.3 Å². The maximum Gasteiger partial charge on any atom is 0.113 e. The van der Waals surface area contributed by atoms with E-state index in [4.69, 9.17) is 17.3 Å². The van der Waals surface area contributed by atoms with Crippen molar-refractivity contribution in [2.45, 2.75) is 31.2 Å². The van der Waals surface area contributed by atoms with Gasteiger partial charge >= 0.3 is 0 Å². The maximum absolute atomic E-state index is 6.40. The minimum atomic E-state index is -0.178. The van der Waals surface area contributed by atoms with Crippen LogP contribution < -0.4 is 5.73 Å². The van der Waals surface area contributed by atoms with Gasteiger partial charge < -0.3 is 5.73 Å². The molecule has 0 aromatic carbocycles. The molecule has 2 aromatic heterocycles. The van der Waals surface area contributed by atoms with E-state index in [0.29, 0.717) is 0 Å². The van der Waals surface area contributed by atoms with Gasteiger partial charge in [0.1, 0.15) is 5.01 Å². The van der Waals surface area contributed by atoms with Crippen LogP contribution in [0.2, 0.25) is 4.34 Å². The van der Waals surface area contributed by atoms with Crippen molar-refractivity contribution in [3.8, 4) is 11.3 Å².